The van der Waals surface area contributed by atoms with Crippen LogP contribution < -0.4 is 11.1 Å². The first kappa shape index (κ1) is 14.5. The number of hydrogen-bond acceptors (Lipinski definition) is 4. The van der Waals surface area contributed by atoms with E-state index in [4.69, 9.17) is 17.3 Å². The fraction of sp³-hybridized carbons (Fsp3) is 0.143. The number of halogens is 1. The Labute approximate surface area is 126 Å². The van der Waals surface area contributed by atoms with Crippen molar-refractivity contribution in [2.75, 3.05) is 6.54 Å². The predicted octanol–water partition coefficient (Wildman–Crippen LogP) is 2.04. The average molecular weight is 306 g/mol. The Bertz CT molecular complexity index is 672. The number of carbonyl (C=O) groups is 1. The summed E-state index contributed by atoms with van der Waals surface area (Å²) in [5.74, 6) is 5.37. The van der Waals surface area contributed by atoms with Crippen molar-refractivity contribution < 1.29 is 4.79 Å². The Kier molecular flexibility index (Phi) is 5.13. The molecule has 0 saturated carbocycles. The van der Waals surface area contributed by atoms with E-state index in [-0.39, 0.29) is 12.5 Å². The average Bonchev–Trinajstić information content (AvgIpc) is 2.88. The van der Waals surface area contributed by atoms with E-state index in [0.29, 0.717) is 22.0 Å². The number of amides is 1. The highest BCUT2D eigenvalue weighted by Crippen LogP contribution is 2.21. The third-order valence-corrected chi connectivity index (χ3v) is 3.62. The van der Waals surface area contributed by atoms with E-state index in [0.717, 1.165) is 4.88 Å². The predicted molar refractivity (Wildman–Crippen MR) is 80.7 cm³/mol. The van der Waals surface area contributed by atoms with E-state index in [1.54, 1.807) is 18.3 Å². The van der Waals surface area contributed by atoms with Crippen LogP contribution in [-0.2, 0) is 6.54 Å². The summed E-state index contributed by atoms with van der Waals surface area (Å²) in [6.45, 7) is 0.713. The Morgan fingerprint density at radius 1 is 1.45 bits per heavy atom. The molecule has 4 nitrogen and oxygen atoms in total. The van der Waals surface area contributed by atoms with Crippen LogP contribution >= 0.6 is 22.9 Å². The number of pyridine rings is 1. The van der Waals surface area contributed by atoms with Crippen LogP contribution in [0.3, 0.4) is 0 Å². The maximum Gasteiger partial charge on any atom is 0.253 e. The van der Waals surface area contributed by atoms with Crippen molar-refractivity contribution in [1.82, 2.24) is 10.3 Å². The lowest BCUT2D eigenvalue weighted by Gasteiger charge is -2.03. The fourth-order valence-corrected chi connectivity index (χ4v) is 2.53. The van der Waals surface area contributed by atoms with Crippen LogP contribution in [0.1, 0.15) is 20.8 Å². The van der Waals surface area contributed by atoms with E-state index < -0.39 is 0 Å². The standard InChI is InChI=1S/C14H12ClN3OS/c15-13-4-3-12(20-13)9-18-14(19)11-6-10(2-1-5-16)7-17-8-11/h3-4,6-8H,5,9,16H2,(H,18,19). The molecule has 0 bridgehead atoms. The lowest BCUT2D eigenvalue weighted by atomic mass is 10.2. The van der Waals surface area contributed by atoms with Crippen molar-refractivity contribution in [3.8, 4) is 11.8 Å². The van der Waals surface area contributed by atoms with E-state index >= 15 is 0 Å². The van der Waals surface area contributed by atoms with Crippen LogP contribution in [0.15, 0.2) is 30.6 Å². The van der Waals surface area contributed by atoms with Crippen LogP contribution in [0.25, 0.3) is 0 Å². The fourth-order valence-electron chi connectivity index (χ4n) is 1.50. The number of nitrogens with zero attached hydrogens (tertiary/aromatic N) is 1. The molecule has 0 fully saturated rings. The number of hydrogen-bond donors (Lipinski definition) is 2. The topological polar surface area (TPSA) is 68.0 Å². The maximum atomic E-state index is 12.0. The van der Waals surface area contributed by atoms with Gasteiger partial charge in [0.15, 0.2) is 0 Å². The highest BCUT2D eigenvalue weighted by Gasteiger charge is 2.07. The third-order valence-electron chi connectivity index (χ3n) is 2.39. The molecule has 3 N–H and O–H groups in total. The van der Waals surface area contributed by atoms with Crippen LogP contribution in [0.2, 0.25) is 4.34 Å². The largest absolute Gasteiger partial charge is 0.347 e. The third kappa shape index (κ3) is 4.07. The van der Waals surface area contributed by atoms with Gasteiger partial charge in [-0.2, -0.15) is 0 Å². The SMILES string of the molecule is NCC#Cc1cncc(C(=O)NCc2ccc(Cl)s2)c1. The summed E-state index contributed by atoms with van der Waals surface area (Å²) in [4.78, 5) is 17.0. The lowest BCUT2D eigenvalue weighted by Crippen LogP contribution is -2.22. The molecule has 1 amide bonds. The van der Waals surface area contributed by atoms with Gasteiger partial charge in [0.25, 0.3) is 5.91 Å². The highest BCUT2D eigenvalue weighted by atomic mass is 35.5. The van der Waals surface area contributed by atoms with Crippen molar-refractivity contribution >= 4 is 28.8 Å². The molecule has 0 aromatic carbocycles. The minimum absolute atomic E-state index is 0.196. The van der Waals surface area contributed by atoms with Crippen LogP contribution in [0, 0.1) is 11.8 Å². The summed E-state index contributed by atoms with van der Waals surface area (Å²) < 4.78 is 0.704. The molecule has 102 valence electrons. The molecule has 0 aliphatic rings. The Hall–Kier alpha value is -1.87. The Balaban J connectivity index is 2.01. The molecule has 6 heteroatoms. The first-order valence-electron chi connectivity index (χ1n) is 5.85. The second kappa shape index (κ2) is 7.06. The molecule has 0 atom stereocenters. The van der Waals surface area contributed by atoms with Gasteiger partial charge < -0.3 is 11.1 Å². The Morgan fingerprint density at radius 2 is 2.30 bits per heavy atom. The van der Waals surface area contributed by atoms with Gasteiger partial charge in [0.1, 0.15) is 0 Å². The molecule has 0 aliphatic heterocycles. The quantitative estimate of drug-likeness (QED) is 0.853. The molecule has 2 aromatic rings. The Morgan fingerprint density at radius 3 is 3.00 bits per heavy atom. The minimum atomic E-state index is -0.196. The maximum absolute atomic E-state index is 12.0. The molecule has 2 heterocycles. The van der Waals surface area contributed by atoms with Gasteiger partial charge in [-0.3, -0.25) is 9.78 Å². The van der Waals surface area contributed by atoms with Gasteiger partial charge in [-0.1, -0.05) is 23.4 Å². The first-order chi connectivity index (χ1) is 9.69. The molecule has 20 heavy (non-hydrogen) atoms. The number of nitrogens with two attached hydrogens (primary N) is 1. The van der Waals surface area contributed by atoms with E-state index in [1.165, 1.54) is 17.5 Å². The lowest BCUT2D eigenvalue weighted by molar-refractivity contribution is 0.0951. The van der Waals surface area contributed by atoms with Gasteiger partial charge in [0.05, 0.1) is 23.0 Å². The summed E-state index contributed by atoms with van der Waals surface area (Å²) in [6, 6.07) is 5.37. The van der Waals surface area contributed by atoms with Gasteiger partial charge in [-0.15, -0.1) is 11.3 Å². The molecular weight excluding hydrogens is 294 g/mol. The monoisotopic (exact) mass is 305 g/mol. The van der Waals surface area contributed by atoms with Crippen molar-refractivity contribution in [3.63, 3.8) is 0 Å². The first-order valence-corrected chi connectivity index (χ1v) is 7.05. The zero-order chi connectivity index (χ0) is 14.4. The van der Waals surface area contributed by atoms with Gasteiger partial charge in [-0.05, 0) is 18.2 Å². The second-order valence-corrected chi connectivity index (χ2v) is 5.66. The second-order valence-electron chi connectivity index (χ2n) is 3.86. The summed E-state index contributed by atoms with van der Waals surface area (Å²) in [5, 5.41) is 2.81. The summed E-state index contributed by atoms with van der Waals surface area (Å²) >= 11 is 7.27. The zero-order valence-electron chi connectivity index (χ0n) is 10.5. The summed E-state index contributed by atoms with van der Waals surface area (Å²) in [5.41, 5.74) is 6.44. The van der Waals surface area contributed by atoms with Gasteiger partial charge >= 0.3 is 0 Å². The van der Waals surface area contributed by atoms with Gasteiger partial charge in [0, 0.05) is 22.8 Å². The summed E-state index contributed by atoms with van der Waals surface area (Å²) in [6.07, 6.45) is 3.10. The van der Waals surface area contributed by atoms with Crippen molar-refractivity contribution in [1.29, 1.82) is 0 Å². The molecule has 2 rings (SSSR count). The number of carbonyl (C=O) groups excluding carboxylic acids is 1. The van der Waals surface area contributed by atoms with E-state index in [1.807, 2.05) is 6.07 Å². The van der Waals surface area contributed by atoms with Crippen LogP contribution in [0.5, 0.6) is 0 Å². The molecule has 0 radical (unpaired) electrons. The molecule has 2 aromatic heterocycles. The number of thiophene rings is 1. The van der Waals surface area contributed by atoms with E-state index in [9.17, 15) is 4.79 Å². The highest BCUT2D eigenvalue weighted by molar-refractivity contribution is 7.16. The smallest absolute Gasteiger partial charge is 0.253 e. The molecule has 0 aliphatic carbocycles. The van der Waals surface area contributed by atoms with Gasteiger partial charge in [-0.25, -0.2) is 0 Å². The van der Waals surface area contributed by atoms with Crippen molar-refractivity contribution in [2.24, 2.45) is 5.73 Å². The van der Waals surface area contributed by atoms with Crippen molar-refractivity contribution in [3.05, 3.63) is 50.9 Å². The number of rotatable bonds is 3. The molecule has 0 saturated heterocycles. The van der Waals surface area contributed by atoms with E-state index in [2.05, 4.69) is 22.1 Å². The molecule has 0 spiro atoms. The number of aromatic nitrogens is 1. The molecule has 0 unspecified atom stereocenters. The van der Waals surface area contributed by atoms with Crippen LogP contribution in [0.4, 0.5) is 0 Å². The minimum Gasteiger partial charge on any atom is -0.347 e. The summed E-state index contributed by atoms with van der Waals surface area (Å²) in [7, 11) is 0. The van der Waals surface area contributed by atoms with Gasteiger partial charge in [0.2, 0.25) is 0 Å². The zero-order valence-corrected chi connectivity index (χ0v) is 12.1. The normalized spacial score (nSPS) is 9.70. The van der Waals surface area contributed by atoms with Crippen LogP contribution in [-0.4, -0.2) is 17.4 Å². The molecular formula is C14H12ClN3OS. The van der Waals surface area contributed by atoms with Crippen molar-refractivity contribution in [2.45, 2.75) is 6.54 Å². The number of nitrogens with one attached hydrogen (secondary N) is 1.